The van der Waals surface area contributed by atoms with Gasteiger partial charge in [-0.1, -0.05) is 30.3 Å². The quantitative estimate of drug-likeness (QED) is 0.808. The summed E-state index contributed by atoms with van der Waals surface area (Å²) in [6, 6.07) is 14.2. The molecule has 2 heterocycles. The summed E-state index contributed by atoms with van der Waals surface area (Å²) >= 11 is 0. The van der Waals surface area contributed by atoms with Crippen molar-refractivity contribution in [1.82, 2.24) is 4.90 Å². The number of carbonyl (C=O) groups excluding carboxylic acids is 2. The molecule has 2 aliphatic heterocycles. The van der Waals surface area contributed by atoms with Crippen LogP contribution in [0.1, 0.15) is 23.1 Å². The van der Waals surface area contributed by atoms with Crippen LogP contribution < -0.4 is 9.80 Å². The van der Waals surface area contributed by atoms with E-state index in [1.807, 2.05) is 49.1 Å². The maximum atomic E-state index is 13.3. The number of fused-ring (bicyclic) bond motifs is 1. The van der Waals surface area contributed by atoms with Gasteiger partial charge in [0.05, 0.1) is 5.92 Å². The van der Waals surface area contributed by atoms with E-state index >= 15 is 0 Å². The standard InChI is InChI=1S/C23H27N3O2/c1-16-7-6-10-20(17(16)2)26-15-19(13-22(26)27)23(28)25-12-11-24(3)21-9-5-4-8-18(21)14-25/h4-10,19H,11-15H2,1-3H3. The third-order valence-electron chi connectivity index (χ3n) is 6.12. The number of amides is 2. The largest absolute Gasteiger partial charge is 0.373 e. The summed E-state index contributed by atoms with van der Waals surface area (Å²) in [4.78, 5) is 31.9. The Morgan fingerprint density at radius 1 is 1.00 bits per heavy atom. The van der Waals surface area contributed by atoms with E-state index in [9.17, 15) is 9.59 Å². The fourth-order valence-corrected chi connectivity index (χ4v) is 4.27. The minimum atomic E-state index is -0.275. The normalized spacial score (nSPS) is 19.6. The summed E-state index contributed by atoms with van der Waals surface area (Å²) in [6.07, 6.45) is 0.292. The Morgan fingerprint density at radius 3 is 2.57 bits per heavy atom. The van der Waals surface area contributed by atoms with E-state index in [-0.39, 0.29) is 17.7 Å². The Bertz CT molecular complexity index is 924. The zero-order valence-corrected chi connectivity index (χ0v) is 16.8. The second-order valence-corrected chi connectivity index (χ2v) is 7.93. The SMILES string of the molecule is Cc1cccc(N2CC(C(=O)N3CCN(C)c4ccccc4C3)CC2=O)c1C. The highest BCUT2D eigenvalue weighted by molar-refractivity contribution is 6.01. The summed E-state index contributed by atoms with van der Waals surface area (Å²) in [5, 5.41) is 0. The number of para-hydroxylation sites is 1. The van der Waals surface area contributed by atoms with E-state index in [4.69, 9.17) is 0 Å². The summed E-state index contributed by atoms with van der Waals surface area (Å²) in [6.45, 7) is 6.63. The van der Waals surface area contributed by atoms with Crippen LogP contribution in [-0.4, -0.2) is 43.4 Å². The molecule has 2 amide bonds. The van der Waals surface area contributed by atoms with E-state index in [2.05, 4.69) is 24.1 Å². The van der Waals surface area contributed by atoms with Gasteiger partial charge in [0.15, 0.2) is 0 Å². The number of hydrogen-bond acceptors (Lipinski definition) is 3. The molecular formula is C23H27N3O2. The molecule has 2 aromatic carbocycles. The summed E-state index contributed by atoms with van der Waals surface area (Å²) in [5.74, 6) is -0.145. The lowest BCUT2D eigenvalue weighted by atomic mass is 10.1. The molecule has 5 nitrogen and oxygen atoms in total. The molecule has 146 valence electrons. The third-order valence-corrected chi connectivity index (χ3v) is 6.12. The van der Waals surface area contributed by atoms with Crippen molar-refractivity contribution in [3.63, 3.8) is 0 Å². The lowest BCUT2D eigenvalue weighted by molar-refractivity contribution is -0.136. The monoisotopic (exact) mass is 377 g/mol. The zero-order valence-electron chi connectivity index (χ0n) is 16.8. The predicted molar refractivity (Wildman–Crippen MR) is 112 cm³/mol. The van der Waals surface area contributed by atoms with Crippen molar-refractivity contribution in [3.05, 3.63) is 59.2 Å². The number of benzene rings is 2. The molecule has 2 aliphatic rings. The van der Waals surface area contributed by atoms with Gasteiger partial charge in [0.2, 0.25) is 11.8 Å². The number of rotatable bonds is 2. The molecule has 0 radical (unpaired) electrons. The van der Waals surface area contributed by atoms with Crippen LogP contribution in [0.3, 0.4) is 0 Å². The predicted octanol–water partition coefficient (Wildman–Crippen LogP) is 3.13. The molecule has 0 aliphatic carbocycles. The maximum absolute atomic E-state index is 13.3. The highest BCUT2D eigenvalue weighted by Crippen LogP contribution is 2.31. The Hall–Kier alpha value is -2.82. The van der Waals surface area contributed by atoms with E-state index in [1.54, 1.807) is 4.90 Å². The summed E-state index contributed by atoms with van der Waals surface area (Å²) < 4.78 is 0. The van der Waals surface area contributed by atoms with Gasteiger partial charge in [0.25, 0.3) is 0 Å². The van der Waals surface area contributed by atoms with Crippen LogP contribution in [0.15, 0.2) is 42.5 Å². The van der Waals surface area contributed by atoms with Crippen molar-refractivity contribution in [2.24, 2.45) is 5.92 Å². The van der Waals surface area contributed by atoms with Gasteiger partial charge in [-0.25, -0.2) is 0 Å². The van der Waals surface area contributed by atoms with Gasteiger partial charge >= 0.3 is 0 Å². The van der Waals surface area contributed by atoms with Crippen molar-refractivity contribution in [2.75, 3.05) is 36.5 Å². The summed E-state index contributed by atoms with van der Waals surface area (Å²) in [5.41, 5.74) is 5.53. The smallest absolute Gasteiger partial charge is 0.228 e. The van der Waals surface area contributed by atoms with Gasteiger partial charge < -0.3 is 14.7 Å². The van der Waals surface area contributed by atoms with Crippen LogP contribution >= 0.6 is 0 Å². The topological polar surface area (TPSA) is 43.9 Å². The number of nitrogens with zero attached hydrogens (tertiary/aromatic N) is 3. The lowest BCUT2D eigenvalue weighted by Crippen LogP contribution is -2.39. The van der Waals surface area contributed by atoms with Crippen LogP contribution in [0, 0.1) is 19.8 Å². The highest BCUT2D eigenvalue weighted by Gasteiger charge is 2.38. The summed E-state index contributed by atoms with van der Waals surface area (Å²) in [7, 11) is 2.06. The Kier molecular flexibility index (Phi) is 4.84. The fourth-order valence-electron chi connectivity index (χ4n) is 4.27. The molecule has 1 fully saturated rings. The molecule has 28 heavy (non-hydrogen) atoms. The number of hydrogen-bond donors (Lipinski definition) is 0. The minimum absolute atomic E-state index is 0.0411. The van der Waals surface area contributed by atoms with Crippen molar-refractivity contribution in [3.8, 4) is 0 Å². The minimum Gasteiger partial charge on any atom is -0.373 e. The molecule has 1 saturated heterocycles. The van der Waals surface area contributed by atoms with Crippen molar-refractivity contribution in [1.29, 1.82) is 0 Å². The van der Waals surface area contributed by atoms with Gasteiger partial charge in [0.1, 0.15) is 0 Å². The van der Waals surface area contributed by atoms with Crippen LogP contribution in [0.25, 0.3) is 0 Å². The molecule has 2 aromatic rings. The van der Waals surface area contributed by atoms with Gasteiger partial charge in [0, 0.05) is 51.0 Å². The van der Waals surface area contributed by atoms with Gasteiger partial charge in [-0.3, -0.25) is 9.59 Å². The first-order chi connectivity index (χ1) is 13.5. The number of likely N-dealkylation sites (N-methyl/N-ethyl adjacent to an activating group) is 1. The molecule has 5 heteroatoms. The molecule has 0 bridgehead atoms. The van der Waals surface area contributed by atoms with E-state index in [0.717, 1.165) is 28.9 Å². The Morgan fingerprint density at radius 2 is 1.75 bits per heavy atom. The lowest BCUT2D eigenvalue weighted by Gasteiger charge is -2.25. The average molecular weight is 377 g/mol. The molecular weight excluding hydrogens is 350 g/mol. The highest BCUT2D eigenvalue weighted by atomic mass is 16.2. The van der Waals surface area contributed by atoms with E-state index < -0.39 is 0 Å². The molecule has 1 unspecified atom stereocenters. The average Bonchev–Trinajstić information content (AvgIpc) is 2.99. The molecule has 0 aromatic heterocycles. The zero-order chi connectivity index (χ0) is 19.8. The molecule has 4 rings (SSSR count). The van der Waals surface area contributed by atoms with Crippen molar-refractivity contribution >= 4 is 23.2 Å². The molecule has 0 spiro atoms. The Balaban J connectivity index is 1.53. The first kappa shape index (κ1) is 18.5. The second kappa shape index (κ2) is 7.30. The van der Waals surface area contributed by atoms with Crippen molar-refractivity contribution < 1.29 is 9.59 Å². The Labute approximate surface area is 166 Å². The molecule has 0 saturated carbocycles. The number of carbonyl (C=O) groups is 2. The van der Waals surface area contributed by atoms with Crippen LogP contribution in [0.2, 0.25) is 0 Å². The first-order valence-corrected chi connectivity index (χ1v) is 9.90. The molecule has 1 atom stereocenters. The molecule has 0 N–H and O–H groups in total. The van der Waals surface area contributed by atoms with Gasteiger partial charge in [-0.15, -0.1) is 0 Å². The van der Waals surface area contributed by atoms with Crippen LogP contribution in [0.4, 0.5) is 11.4 Å². The second-order valence-electron chi connectivity index (χ2n) is 7.93. The van der Waals surface area contributed by atoms with Crippen molar-refractivity contribution in [2.45, 2.75) is 26.8 Å². The maximum Gasteiger partial charge on any atom is 0.228 e. The van der Waals surface area contributed by atoms with Gasteiger partial charge in [-0.2, -0.15) is 0 Å². The van der Waals surface area contributed by atoms with E-state index in [0.29, 0.717) is 26.1 Å². The third kappa shape index (κ3) is 3.26. The van der Waals surface area contributed by atoms with Crippen LogP contribution in [-0.2, 0) is 16.1 Å². The number of anilines is 2. The van der Waals surface area contributed by atoms with Gasteiger partial charge in [-0.05, 0) is 42.7 Å². The van der Waals surface area contributed by atoms with E-state index in [1.165, 1.54) is 5.69 Å². The first-order valence-electron chi connectivity index (χ1n) is 9.90. The van der Waals surface area contributed by atoms with Crippen LogP contribution in [0.5, 0.6) is 0 Å². The number of aryl methyl sites for hydroxylation is 1. The fraction of sp³-hybridized carbons (Fsp3) is 0.391.